The Kier molecular flexibility index (Phi) is 2.28. The summed E-state index contributed by atoms with van der Waals surface area (Å²) in [4.78, 5) is 22.1. The number of ketones is 1. The van der Waals surface area contributed by atoms with Crippen molar-refractivity contribution in [1.82, 2.24) is 0 Å². The second kappa shape index (κ2) is 2.98. The van der Waals surface area contributed by atoms with E-state index in [4.69, 9.17) is 5.11 Å². The topological polar surface area (TPSA) is 54.4 Å². The van der Waals surface area contributed by atoms with Gasteiger partial charge in [-0.05, 0) is 17.9 Å². The number of carboxylic acid groups (broad SMARTS) is 1. The summed E-state index contributed by atoms with van der Waals surface area (Å²) in [6, 6.07) is 0. The zero-order valence-corrected chi connectivity index (χ0v) is 8.13. The number of carboxylic acids is 1. The van der Waals surface area contributed by atoms with Gasteiger partial charge in [-0.1, -0.05) is 19.9 Å². The monoisotopic (exact) mass is 182 g/mol. The first-order valence-electron chi connectivity index (χ1n) is 4.30. The zero-order valence-electron chi connectivity index (χ0n) is 8.13. The van der Waals surface area contributed by atoms with Crippen LogP contribution in [0.2, 0.25) is 0 Å². The van der Waals surface area contributed by atoms with E-state index in [0.29, 0.717) is 5.57 Å². The molecule has 0 aromatic heterocycles. The van der Waals surface area contributed by atoms with Gasteiger partial charge >= 0.3 is 5.97 Å². The number of hydrogen-bond acceptors (Lipinski definition) is 2. The predicted octanol–water partition coefficient (Wildman–Crippen LogP) is 1.63. The van der Waals surface area contributed by atoms with E-state index >= 15 is 0 Å². The van der Waals surface area contributed by atoms with Crippen molar-refractivity contribution in [3.63, 3.8) is 0 Å². The van der Waals surface area contributed by atoms with Crippen LogP contribution in [0.25, 0.3) is 0 Å². The average Bonchev–Trinajstić information content (AvgIpc) is 1.95. The largest absolute Gasteiger partial charge is 0.481 e. The number of allylic oxidation sites excluding steroid dienone is 2. The Bertz CT molecular complexity index is 287. The lowest BCUT2D eigenvalue weighted by atomic mass is 9.70. The molecule has 0 radical (unpaired) electrons. The smallest absolute Gasteiger partial charge is 0.307 e. The highest BCUT2D eigenvalue weighted by Gasteiger charge is 2.38. The first kappa shape index (κ1) is 9.96. The first-order chi connectivity index (χ1) is 5.84. The van der Waals surface area contributed by atoms with Crippen molar-refractivity contribution >= 4 is 11.8 Å². The summed E-state index contributed by atoms with van der Waals surface area (Å²) in [5, 5.41) is 8.90. The maximum Gasteiger partial charge on any atom is 0.307 e. The Morgan fingerprint density at radius 1 is 1.62 bits per heavy atom. The third kappa shape index (κ3) is 1.79. The summed E-state index contributed by atoms with van der Waals surface area (Å²) in [6.45, 7) is 5.44. The Hall–Kier alpha value is -1.12. The molecule has 3 heteroatoms. The Morgan fingerprint density at radius 3 is 2.62 bits per heavy atom. The number of carbonyl (C=O) groups is 2. The van der Waals surface area contributed by atoms with Crippen LogP contribution >= 0.6 is 0 Å². The molecule has 0 aliphatic heterocycles. The molecule has 1 rings (SSSR count). The minimum absolute atomic E-state index is 0.0493. The highest BCUT2D eigenvalue weighted by molar-refractivity contribution is 5.98. The molecular formula is C10H14O3. The molecule has 0 fully saturated rings. The molecule has 72 valence electrons. The number of rotatable bonds is 1. The minimum Gasteiger partial charge on any atom is -0.481 e. The van der Waals surface area contributed by atoms with Gasteiger partial charge in [0.05, 0.1) is 5.92 Å². The maximum atomic E-state index is 11.3. The zero-order chi connectivity index (χ0) is 10.2. The fourth-order valence-corrected chi connectivity index (χ4v) is 1.75. The van der Waals surface area contributed by atoms with E-state index in [0.717, 1.165) is 0 Å². The highest BCUT2D eigenvalue weighted by atomic mass is 16.4. The van der Waals surface area contributed by atoms with Crippen molar-refractivity contribution in [2.24, 2.45) is 11.3 Å². The van der Waals surface area contributed by atoms with E-state index in [1.807, 2.05) is 13.8 Å². The maximum absolute atomic E-state index is 11.3. The van der Waals surface area contributed by atoms with Gasteiger partial charge < -0.3 is 5.11 Å². The Labute approximate surface area is 77.4 Å². The van der Waals surface area contributed by atoms with Crippen molar-refractivity contribution in [3.05, 3.63) is 11.6 Å². The molecule has 0 aromatic rings. The number of carbonyl (C=O) groups excluding carboxylic acids is 1. The summed E-state index contributed by atoms with van der Waals surface area (Å²) in [5.41, 5.74) is 0.270. The third-order valence-corrected chi connectivity index (χ3v) is 2.61. The van der Waals surface area contributed by atoms with E-state index in [-0.39, 0.29) is 12.2 Å². The molecule has 1 aliphatic rings. The van der Waals surface area contributed by atoms with Crippen LogP contribution in [0, 0.1) is 11.3 Å². The summed E-state index contributed by atoms with van der Waals surface area (Å²) < 4.78 is 0. The van der Waals surface area contributed by atoms with Crippen LogP contribution < -0.4 is 0 Å². The van der Waals surface area contributed by atoms with Crippen molar-refractivity contribution < 1.29 is 14.7 Å². The van der Waals surface area contributed by atoms with Gasteiger partial charge in [-0.15, -0.1) is 0 Å². The Morgan fingerprint density at radius 2 is 2.15 bits per heavy atom. The molecule has 3 nitrogen and oxygen atoms in total. The number of aliphatic carboxylic acids is 1. The second-order valence-electron chi connectivity index (χ2n) is 4.17. The van der Waals surface area contributed by atoms with Crippen molar-refractivity contribution in [3.8, 4) is 0 Å². The van der Waals surface area contributed by atoms with Gasteiger partial charge in [-0.25, -0.2) is 0 Å². The normalized spacial score (nSPS) is 26.8. The van der Waals surface area contributed by atoms with Gasteiger partial charge in [0.1, 0.15) is 0 Å². The molecule has 1 unspecified atom stereocenters. The summed E-state index contributed by atoms with van der Waals surface area (Å²) in [7, 11) is 0. The van der Waals surface area contributed by atoms with Crippen molar-refractivity contribution in [2.75, 3.05) is 0 Å². The molecule has 1 atom stereocenters. The summed E-state index contributed by atoms with van der Waals surface area (Å²) >= 11 is 0. The van der Waals surface area contributed by atoms with E-state index < -0.39 is 17.3 Å². The van der Waals surface area contributed by atoms with Gasteiger partial charge in [0.25, 0.3) is 0 Å². The SMILES string of the molecule is CC1=CC(C)(C)C(C(=O)O)CC1=O. The quantitative estimate of drug-likeness (QED) is 0.670. The average molecular weight is 182 g/mol. The van der Waals surface area contributed by atoms with E-state index in [1.165, 1.54) is 0 Å². The molecule has 0 aromatic carbocycles. The lowest BCUT2D eigenvalue weighted by Gasteiger charge is -2.32. The first-order valence-corrected chi connectivity index (χ1v) is 4.30. The highest BCUT2D eigenvalue weighted by Crippen LogP contribution is 2.37. The molecule has 1 aliphatic carbocycles. The standard InChI is InChI=1S/C10H14O3/c1-6-5-10(2,3)7(9(12)13)4-8(6)11/h5,7H,4H2,1-3H3,(H,12,13). The van der Waals surface area contributed by atoms with Crippen LogP contribution in [0.4, 0.5) is 0 Å². The molecule has 0 saturated heterocycles. The second-order valence-corrected chi connectivity index (χ2v) is 4.17. The van der Waals surface area contributed by atoms with Crippen LogP contribution in [0.3, 0.4) is 0 Å². The minimum atomic E-state index is -0.887. The molecular weight excluding hydrogens is 168 g/mol. The van der Waals surface area contributed by atoms with Crippen LogP contribution in [-0.2, 0) is 9.59 Å². The van der Waals surface area contributed by atoms with Gasteiger partial charge in [0, 0.05) is 6.42 Å². The van der Waals surface area contributed by atoms with Crippen LogP contribution in [0.15, 0.2) is 11.6 Å². The molecule has 0 spiro atoms. The predicted molar refractivity (Wildman–Crippen MR) is 48.3 cm³/mol. The number of hydrogen-bond donors (Lipinski definition) is 1. The molecule has 0 heterocycles. The van der Waals surface area contributed by atoms with Crippen LogP contribution in [-0.4, -0.2) is 16.9 Å². The number of Topliss-reactive ketones (excluding diaryl/α,β-unsaturated/α-hetero) is 1. The van der Waals surface area contributed by atoms with Crippen LogP contribution in [0.5, 0.6) is 0 Å². The molecule has 0 bridgehead atoms. The van der Waals surface area contributed by atoms with Gasteiger partial charge in [0.2, 0.25) is 0 Å². The van der Waals surface area contributed by atoms with Gasteiger partial charge in [0.15, 0.2) is 5.78 Å². The summed E-state index contributed by atoms with van der Waals surface area (Å²) in [5.74, 6) is -1.52. The van der Waals surface area contributed by atoms with Gasteiger partial charge in [-0.2, -0.15) is 0 Å². The lowest BCUT2D eigenvalue weighted by Crippen LogP contribution is -2.35. The van der Waals surface area contributed by atoms with E-state index in [9.17, 15) is 9.59 Å². The molecule has 0 saturated carbocycles. The Balaban J connectivity index is 3.05. The van der Waals surface area contributed by atoms with Crippen molar-refractivity contribution in [2.45, 2.75) is 27.2 Å². The molecule has 13 heavy (non-hydrogen) atoms. The van der Waals surface area contributed by atoms with Gasteiger partial charge in [-0.3, -0.25) is 9.59 Å². The van der Waals surface area contributed by atoms with E-state index in [1.54, 1.807) is 13.0 Å². The summed E-state index contributed by atoms with van der Waals surface area (Å²) in [6.07, 6.45) is 1.89. The van der Waals surface area contributed by atoms with Crippen LogP contribution in [0.1, 0.15) is 27.2 Å². The fraction of sp³-hybridized carbons (Fsp3) is 0.600. The molecule has 1 N–H and O–H groups in total. The van der Waals surface area contributed by atoms with E-state index in [2.05, 4.69) is 0 Å². The van der Waals surface area contributed by atoms with Crippen molar-refractivity contribution in [1.29, 1.82) is 0 Å². The fourth-order valence-electron chi connectivity index (χ4n) is 1.75. The lowest BCUT2D eigenvalue weighted by molar-refractivity contribution is -0.147. The third-order valence-electron chi connectivity index (χ3n) is 2.61. The molecule has 0 amide bonds.